The Morgan fingerprint density at radius 1 is 1.15 bits per heavy atom. The minimum Gasteiger partial charge on any atom is -0.353 e. The molecule has 2 aliphatic rings. The molecule has 20 heavy (non-hydrogen) atoms. The maximum absolute atomic E-state index is 12.0. The van der Waals surface area contributed by atoms with Crippen molar-refractivity contribution in [2.45, 2.75) is 4.90 Å². The van der Waals surface area contributed by atoms with Gasteiger partial charge in [-0.15, -0.1) is 4.40 Å². The van der Waals surface area contributed by atoms with E-state index in [9.17, 15) is 8.42 Å². The van der Waals surface area contributed by atoms with Crippen LogP contribution in [0.4, 0.5) is 0 Å². The summed E-state index contributed by atoms with van der Waals surface area (Å²) in [6.45, 7) is 4.87. The molecule has 108 valence electrons. The second-order valence-electron chi connectivity index (χ2n) is 5.00. The number of benzene rings is 1. The van der Waals surface area contributed by atoms with Crippen LogP contribution in [0.5, 0.6) is 0 Å². The molecule has 1 fully saturated rings. The number of nitrogens with zero attached hydrogens (tertiary/aromatic N) is 3. The minimum atomic E-state index is -3.52. The zero-order valence-corrected chi connectivity index (χ0v) is 12.0. The Kier molecular flexibility index (Phi) is 3.49. The van der Waals surface area contributed by atoms with Gasteiger partial charge in [0.15, 0.2) is 5.84 Å². The van der Waals surface area contributed by atoms with Crippen molar-refractivity contribution in [1.82, 2.24) is 9.80 Å². The molecule has 0 aliphatic carbocycles. The van der Waals surface area contributed by atoms with E-state index in [4.69, 9.17) is 5.73 Å². The number of hydrogen-bond acceptors (Lipinski definition) is 5. The largest absolute Gasteiger partial charge is 0.353 e. The monoisotopic (exact) mass is 294 g/mol. The fraction of sp³-hybridized carbons (Fsp3) is 0.462. The van der Waals surface area contributed by atoms with Gasteiger partial charge in [-0.1, -0.05) is 12.1 Å². The Balaban J connectivity index is 1.83. The lowest BCUT2D eigenvalue weighted by molar-refractivity contribution is 0.187. The van der Waals surface area contributed by atoms with Crippen LogP contribution in [-0.2, 0) is 10.0 Å². The van der Waals surface area contributed by atoms with Crippen LogP contribution in [0.2, 0.25) is 0 Å². The van der Waals surface area contributed by atoms with Crippen molar-refractivity contribution in [3.63, 3.8) is 0 Å². The fourth-order valence-electron chi connectivity index (χ4n) is 2.68. The Labute approximate surface area is 118 Å². The Hall–Kier alpha value is -1.44. The van der Waals surface area contributed by atoms with Crippen molar-refractivity contribution in [3.8, 4) is 0 Å². The molecular weight excluding hydrogens is 276 g/mol. The summed E-state index contributed by atoms with van der Waals surface area (Å²) in [5.74, 6) is 0.591. The standard InChI is InChI=1S/C13H18N4O2S/c14-5-6-16-7-9-17(10-8-16)13-11-3-1-2-4-12(11)20(18,19)15-13/h1-4H,5-10,14H2. The van der Waals surface area contributed by atoms with E-state index in [-0.39, 0.29) is 0 Å². The molecule has 0 amide bonds. The third-order valence-corrected chi connectivity index (χ3v) is 5.05. The van der Waals surface area contributed by atoms with Gasteiger partial charge in [-0.2, -0.15) is 8.42 Å². The molecule has 2 N–H and O–H groups in total. The normalized spacial score (nSPS) is 21.6. The molecule has 0 bridgehead atoms. The first-order chi connectivity index (χ1) is 9.62. The number of fused-ring (bicyclic) bond motifs is 1. The van der Waals surface area contributed by atoms with Gasteiger partial charge in [0.25, 0.3) is 10.0 Å². The molecule has 0 atom stereocenters. The Bertz CT molecular complexity index is 634. The highest BCUT2D eigenvalue weighted by molar-refractivity contribution is 7.90. The summed E-state index contributed by atoms with van der Waals surface area (Å²) in [5, 5.41) is 0. The van der Waals surface area contributed by atoms with Crippen LogP contribution in [0.15, 0.2) is 33.6 Å². The lowest BCUT2D eigenvalue weighted by Crippen LogP contribution is -2.49. The summed E-state index contributed by atoms with van der Waals surface area (Å²) in [4.78, 5) is 4.66. The zero-order valence-electron chi connectivity index (χ0n) is 11.2. The zero-order chi connectivity index (χ0) is 14.2. The van der Waals surface area contributed by atoms with Gasteiger partial charge in [0, 0.05) is 44.8 Å². The molecule has 0 radical (unpaired) electrons. The molecular formula is C13H18N4O2S. The third-order valence-electron chi connectivity index (χ3n) is 3.73. The second-order valence-corrected chi connectivity index (χ2v) is 6.58. The van der Waals surface area contributed by atoms with Crippen molar-refractivity contribution in [2.75, 3.05) is 39.3 Å². The van der Waals surface area contributed by atoms with Crippen molar-refractivity contribution < 1.29 is 8.42 Å². The summed E-state index contributed by atoms with van der Waals surface area (Å²) in [7, 11) is -3.52. The number of amidine groups is 1. The van der Waals surface area contributed by atoms with Gasteiger partial charge in [-0.05, 0) is 12.1 Å². The van der Waals surface area contributed by atoms with E-state index in [2.05, 4.69) is 14.2 Å². The highest BCUT2D eigenvalue weighted by Gasteiger charge is 2.32. The van der Waals surface area contributed by atoms with Crippen LogP contribution in [0, 0.1) is 0 Å². The molecule has 0 aromatic heterocycles. The molecule has 3 rings (SSSR count). The molecule has 7 heteroatoms. The van der Waals surface area contributed by atoms with Gasteiger partial charge in [-0.25, -0.2) is 0 Å². The molecule has 0 saturated carbocycles. The van der Waals surface area contributed by atoms with Gasteiger partial charge in [0.1, 0.15) is 4.90 Å². The summed E-state index contributed by atoms with van der Waals surface area (Å²) in [6.07, 6.45) is 0. The van der Waals surface area contributed by atoms with Crippen LogP contribution < -0.4 is 5.73 Å². The fourth-order valence-corrected chi connectivity index (χ4v) is 3.91. The molecule has 1 aromatic carbocycles. The van der Waals surface area contributed by atoms with Crippen LogP contribution in [0.1, 0.15) is 5.56 Å². The molecule has 1 saturated heterocycles. The SMILES string of the molecule is NCCN1CCN(C2=NS(=O)(=O)c3ccccc32)CC1. The van der Waals surface area contributed by atoms with E-state index in [1.807, 2.05) is 12.1 Å². The maximum atomic E-state index is 12.0. The van der Waals surface area contributed by atoms with Crippen LogP contribution in [0.25, 0.3) is 0 Å². The van der Waals surface area contributed by atoms with E-state index >= 15 is 0 Å². The first kappa shape index (κ1) is 13.5. The first-order valence-electron chi connectivity index (χ1n) is 6.73. The predicted molar refractivity (Wildman–Crippen MR) is 77.2 cm³/mol. The number of hydrogen-bond donors (Lipinski definition) is 1. The predicted octanol–water partition coefficient (Wildman–Crippen LogP) is -0.288. The maximum Gasteiger partial charge on any atom is 0.285 e. The molecule has 1 aromatic rings. The van der Waals surface area contributed by atoms with Crippen LogP contribution in [-0.4, -0.2) is 63.3 Å². The molecule has 6 nitrogen and oxygen atoms in total. The van der Waals surface area contributed by atoms with Crippen LogP contribution >= 0.6 is 0 Å². The van der Waals surface area contributed by atoms with Crippen molar-refractivity contribution in [1.29, 1.82) is 0 Å². The third kappa shape index (κ3) is 2.32. The highest BCUT2D eigenvalue weighted by Crippen LogP contribution is 2.27. The van der Waals surface area contributed by atoms with E-state index in [1.165, 1.54) is 0 Å². The molecule has 0 unspecified atom stereocenters. The van der Waals surface area contributed by atoms with E-state index in [0.29, 0.717) is 17.3 Å². The number of rotatable bonds is 2. The van der Waals surface area contributed by atoms with Crippen molar-refractivity contribution >= 4 is 15.9 Å². The molecule has 2 heterocycles. The molecule has 2 aliphatic heterocycles. The minimum absolute atomic E-state index is 0.319. The second kappa shape index (κ2) is 5.16. The van der Waals surface area contributed by atoms with Gasteiger partial charge in [0.2, 0.25) is 0 Å². The van der Waals surface area contributed by atoms with E-state index < -0.39 is 10.0 Å². The topological polar surface area (TPSA) is 79.0 Å². The number of piperazine rings is 1. The van der Waals surface area contributed by atoms with Crippen molar-refractivity contribution in [2.24, 2.45) is 10.1 Å². The van der Waals surface area contributed by atoms with Crippen molar-refractivity contribution in [3.05, 3.63) is 29.8 Å². The summed E-state index contributed by atoms with van der Waals surface area (Å²) >= 11 is 0. The summed E-state index contributed by atoms with van der Waals surface area (Å²) < 4.78 is 28.0. The first-order valence-corrected chi connectivity index (χ1v) is 8.17. The smallest absolute Gasteiger partial charge is 0.285 e. The summed E-state index contributed by atoms with van der Waals surface area (Å²) in [6, 6.07) is 7.02. The van der Waals surface area contributed by atoms with Gasteiger partial charge >= 0.3 is 0 Å². The van der Waals surface area contributed by atoms with Crippen LogP contribution in [0.3, 0.4) is 0 Å². The van der Waals surface area contributed by atoms with Gasteiger partial charge in [-0.3, -0.25) is 4.90 Å². The number of sulfonamides is 1. The Morgan fingerprint density at radius 3 is 2.55 bits per heavy atom. The lowest BCUT2D eigenvalue weighted by atomic mass is 10.1. The molecule has 0 spiro atoms. The van der Waals surface area contributed by atoms with Gasteiger partial charge < -0.3 is 10.6 Å². The van der Waals surface area contributed by atoms with E-state index in [1.54, 1.807) is 12.1 Å². The highest BCUT2D eigenvalue weighted by atomic mass is 32.2. The van der Waals surface area contributed by atoms with E-state index in [0.717, 1.165) is 38.3 Å². The lowest BCUT2D eigenvalue weighted by Gasteiger charge is -2.35. The quantitative estimate of drug-likeness (QED) is 0.811. The van der Waals surface area contributed by atoms with Gasteiger partial charge in [0.05, 0.1) is 0 Å². The average Bonchev–Trinajstić information content (AvgIpc) is 2.73. The summed E-state index contributed by atoms with van der Waals surface area (Å²) in [5.41, 5.74) is 6.28. The average molecular weight is 294 g/mol. The number of nitrogens with two attached hydrogens (primary N) is 1. The Morgan fingerprint density at radius 2 is 1.85 bits per heavy atom.